The Hall–Kier alpha value is -2.58. The number of hydrogen-bond donors (Lipinski definition) is 1. The number of methoxy groups -OCH3 is 1. The first-order valence-electron chi connectivity index (χ1n) is 8.23. The highest BCUT2D eigenvalue weighted by Crippen LogP contribution is 2.24. The van der Waals surface area contributed by atoms with Gasteiger partial charge in [0.1, 0.15) is 5.75 Å². The number of amides is 1. The topological polar surface area (TPSA) is 73.2 Å². The Bertz CT molecular complexity index is 932. The lowest BCUT2D eigenvalue weighted by Crippen LogP contribution is -2.18. The third-order valence-electron chi connectivity index (χ3n) is 3.74. The van der Waals surface area contributed by atoms with Gasteiger partial charge in [-0.3, -0.25) is 14.2 Å². The van der Waals surface area contributed by atoms with Crippen molar-refractivity contribution in [2.75, 3.05) is 12.9 Å². The summed E-state index contributed by atoms with van der Waals surface area (Å²) < 4.78 is 7.12. The van der Waals surface area contributed by atoms with E-state index in [-0.39, 0.29) is 11.7 Å². The van der Waals surface area contributed by atoms with Crippen LogP contribution in [0.5, 0.6) is 5.75 Å². The molecule has 3 aromatic rings. The SMILES string of the molecule is COc1ccc(-n2ccnc2SCC(=O)c2ccc(CNC(C)=O)s2)cc1. The second-order valence-corrected chi connectivity index (χ2v) is 7.78. The molecule has 0 unspecified atom stereocenters. The van der Waals surface area contributed by atoms with Crippen molar-refractivity contribution in [3.05, 3.63) is 58.5 Å². The van der Waals surface area contributed by atoms with Crippen LogP contribution in [-0.2, 0) is 11.3 Å². The van der Waals surface area contributed by atoms with Crippen molar-refractivity contribution in [3.8, 4) is 11.4 Å². The van der Waals surface area contributed by atoms with Crippen LogP contribution >= 0.6 is 23.1 Å². The Morgan fingerprint density at radius 1 is 1.22 bits per heavy atom. The number of imidazole rings is 1. The van der Waals surface area contributed by atoms with Crippen molar-refractivity contribution in [1.29, 1.82) is 0 Å². The molecule has 0 aliphatic rings. The summed E-state index contributed by atoms with van der Waals surface area (Å²) in [4.78, 5) is 29.5. The molecule has 8 heteroatoms. The molecule has 0 saturated carbocycles. The number of thiophene rings is 1. The molecular formula is C19H19N3O3S2. The number of nitrogens with one attached hydrogen (secondary N) is 1. The van der Waals surface area contributed by atoms with E-state index >= 15 is 0 Å². The lowest BCUT2D eigenvalue weighted by atomic mass is 10.3. The average molecular weight is 402 g/mol. The number of carbonyl (C=O) groups excluding carboxylic acids is 2. The summed E-state index contributed by atoms with van der Waals surface area (Å²) in [6.07, 6.45) is 3.58. The summed E-state index contributed by atoms with van der Waals surface area (Å²) in [6, 6.07) is 11.3. The van der Waals surface area contributed by atoms with E-state index in [1.54, 1.807) is 19.4 Å². The number of rotatable bonds is 8. The predicted octanol–water partition coefficient (Wildman–Crippen LogP) is 3.55. The summed E-state index contributed by atoms with van der Waals surface area (Å²) in [6.45, 7) is 1.92. The van der Waals surface area contributed by atoms with E-state index in [4.69, 9.17) is 4.74 Å². The number of hydrogen-bond acceptors (Lipinski definition) is 6. The first-order chi connectivity index (χ1) is 13.1. The fourth-order valence-electron chi connectivity index (χ4n) is 2.37. The van der Waals surface area contributed by atoms with E-state index in [9.17, 15) is 9.59 Å². The summed E-state index contributed by atoms with van der Waals surface area (Å²) >= 11 is 2.80. The van der Waals surface area contributed by atoms with Gasteiger partial charge in [0.25, 0.3) is 0 Å². The molecule has 1 amide bonds. The summed E-state index contributed by atoms with van der Waals surface area (Å²) in [5.41, 5.74) is 0.956. The number of carbonyl (C=O) groups is 2. The van der Waals surface area contributed by atoms with Crippen LogP contribution in [0.25, 0.3) is 5.69 Å². The molecule has 2 heterocycles. The average Bonchev–Trinajstić information content (AvgIpc) is 3.34. The Kier molecular flexibility index (Phi) is 6.31. The molecule has 0 radical (unpaired) electrons. The molecule has 0 saturated heterocycles. The number of nitrogens with zero attached hydrogens (tertiary/aromatic N) is 2. The van der Waals surface area contributed by atoms with Crippen molar-refractivity contribution in [3.63, 3.8) is 0 Å². The number of ether oxygens (including phenoxy) is 1. The Morgan fingerprint density at radius 2 is 2.00 bits per heavy atom. The lowest BCUT2D eigenvalue weighted by Gasteiger charge is -2.08. The lowest BCUT2D eigenvalue weighted by molar-refractivity contribution is -0.119. The van der Waals surface area contributed by atoms with E-state index < -0.39 is 0 Å². The molecule has 0 fully saturated rings. The normalized spacial score (nSPS) is 10.6. The zero-order valence-corrected chi connectivity index (χ0v) is 16.6. The zero-order valence-electron chi connectivity index (χ0n) is 15.0. The van der Waals surface area contributed by atoms with Crippen molar-refractivity contribution >= 4 is 34.8 Å². The first-order valence-corrected chi connectivity index (χ1v) is 10.0. The van der Waals surface area contributed by atoms with Gasteiger partial charge in [-0.25, -0.2) is 4.98 Å². The fourth-order valence-corrected chi connectivity index (χ4v) is 4.20. The summed E-state index contributed by atoms with van der Waals surface area (Å²) in [5, 5.41) is 3.49. The van der Waals surface area contributed by atoms with E-state index in [2.05, 4.69) is 10.3 Å². The van der Waals surface area contributed by atoms with Gasteiger partial charge >= 0.3 is 0 Å². The number of aromatic nitrogens is 2. The number of benzene rings is 1. The van der Waals surface area contributed by atoms with Crippen LogP contribution in [0.3, 0.4) is 0 Å². The first kappa shape index (κ1) is 19.2. The Morgan fingerprint density at radius 3 is 2.70 bits per heavy atom. The standard InChI is InChI=1S/C19H19N3O3S2/c1-13(23)21-11-16-7-8-18(27-16)17(24)12-26-19-20-9-10-22(19)14-3-5-15(25-2)6-4-14/h3-10H,11-12H2,1-2H3,(H,21,23). The number of thioether (sulfide) groups is 1. The van der Waals surface area contributed by atoms with Gasteiger partial charge in [-0.05, 0) is 36.4 Å². The fraction of sp³-hybridized carbons (Fsp3) is 0.211. The zero-order chi connectivity index (χ0) is 19.2. The molecule has 27 heavy (non-hydrogen) atoms. The van der Waals surface area contributed by atoms with Gasteiger partial charge in [0.05, 0.1) is 24.3 Å². The molecule has 0 spiro atoms. The minimum Gasteiger partial charge on any atom is -0.497 e. The molecular weight excluding hydrogens is 382 g/mol. The van der Waals surface area contributed by atoms with E-state index in [0.717, 1.165) is 21.5 Å². The highest BCUT2D eigenvalue weighted by molar-refractivity contribution is 7.99. The van der Waals surface area contributed by atoms with Crippen LogP contribution in [-0.4, -0.2) is 34.1 Å². The molecule has 2 aromatic heterocycles. The summed E-state index contributed by atoms with van der Waals surface area (Å²) in [5.74, 6) is 1.05. The third kappa shape index (κ3) is 4.99. The van der Waals surface area contributed by atoms with Crippen molar-refractivity contribution in [2.24, 2.45) is 0 Å². The maximum atomic E-state index is 12.5. The second kappa shape index (κ2) is 8.88. The maximum Gasteiger partial charge on any atom is 0.217 e. The van der Waals surface area contributed by atoms with Crippen LogP contribution in [0.4, 0.5) is 0 Å². The molecule has 0 bridgehead atoms. The van der Waals surface area contributed by atoms with Crippen LogP contribution in [0.1, 0.15) is 21.5 Å². The van der Waals surface area contributed by atoms with Crippen LogP contribution < -0.4 is 10.1 Å². The summed E-state index contributed by atoms with van der Waals surface area (Å²) in [7, 11) is 1.63. The monoisotopic (exact) mass is 401 g/mol. The highest BCUT2D eigenvalue weighted by Gasteiger charge is 2.13. The quantitative estimate of drug-likeness (QED) is 0.462. The van der Waals surface area contributed by atoms with Gasteiger partial charge in [-0.15, -0.1) is 11.3 Å². The van der Waals surface area contributed by atoms with E-state index in [1.807, 2.05) is 41.1 Å². The van der Waals surface area contributed by atoms with Gasteiger partial charge in [-0.2, -0.15) is 0 Å². The second-order valence-electron chi connectivity index (χ2n) is 5.67. The van der Waals surface area contributed by atoms with Gasteiger partial charge in [0, 0.05) is 29.9 Å². The van der Waals surface area contributed by atoms with Gasteiger partial charge in [0.15, 0.2) is 10.9 Å². The highest BCUT2D eigenvalue weighted by atomic mass is 32.2. The molecule has 0 aliphatic carbocycles. The third-order valence-corrected chi connectivity index (χ3v) is 5.83. The molecule has 0 aliphatic heterocycles. The molecule has 1 N–H and O–H groups in total. The van der Waals surface area contributed by atoms with E-state index in [1.165, 1.54) is 30.0 Å². The minimum atomic E-state index is -0.0859. The maximum absolute atomic E-state index is 12.5. The predicted molar refractivity (Wildman–Crippen MR) is 107 cm³/mol. The van der Waals surface area contributed by atoms with E-state index in [0.29, 0.717) is 17.2 Å². The van der Waals surface area contributed by atoms with Gasteiger partial charge in [-0.1, -0.05) is 11.8 Å². The van der Waals surface area contributed by atoms with Gasteiger partial charge < -0.3 is 10.1 Å². The number of ketones is 1. The molecule has 1 aromatic carbocycles. The van der Waals surface area contributed by atoms with Crippen LogP contribution in [0.15, 0.2) is 53.9 Å². The Balaban J connectivity index is 1.63. The minimum absolute atomic E-state index is 0.0448. The smallest absolute Gasteiger partial charge is 0.217 e. The van der Waals surface area contributed by atoms with Crippen molar-refractivity contribution < 1.29 is 14.3 Å². The molecule has 6 nitrogen and oxygen atoms in total. The van der Waals surface area contributed by atoms with Crippen molar-refractivity contribution in [2.45, 2.75) is 18.6 Å². The largest absolute Gasteiger partial charge is 0.497 e. The van der Waals surface area contributed by atoms with Crippen LogP contribution in [0, 0.1) is 0 Å². The molecule has 3 rings (SSSR count). The van der Waals surface area contributed by atoms with Crippen LogP contribution in [0.2, 0.25) is 0 Å². The van der Waals surface area contributed by atoms with Crippen molar-refractivity contribution in [1.82, 2.24) is 14.9 Å². The molecule has 0 atom stereocenters. The molecule has 140 valence electrons. The van der Waals surface area contributed by atoms with Gasteiger partial charge in [0.2, 0.25) is 5.91 Å². The Labute approximate surface area is 165 Å². The number of Topliss-reactive ketones (excluding diaryl/α,β-unsaturated/α-hetero) is 1.